The van der Waals surface area contributed by atoms with Crippen LogP contribution in [0.4, 0.5) is 13.2 Å². The first-order valence-electron chi connectivity index (χ1n) is 7.16. The van der Waals surface area contributed by atoms with Crippen molar-refractivity contribution >= 4 is 15.9 Å². The lowest BCUT2D eigenvalue weighted by Crippen LogP contribution is -2.46. The standard InChI is InChI=1S/C14H17F3N2O4S/c1-24(21,22)19-8-6-11(7-9-19)18-13(20)10-2-4-12(5-3-10)23-14(15,16)17/h2-5,11H,6-9H2,1H3,(H,18,20). The van der Waals surface area contributed by atoms with Crippen LogP contribution in [0.25, 0.3) is 0 Å². The van der Waals surface area contributed by atoms with Crippen LogP contribution in [0.3, 0.4) is 0 Å². The molecular weight excluding hydrogens is 349 g/mol. The molecule has 1 aromatic carbocycles. The maximum absolute atomic E-state index is 12.1. The molecule has 1 aliphatic heterocycles. The van der Waals surface area contributed by atoms with Crippen LogP contribution >= 0.6 is 0 Å². The maximum atomic E-state index is 12.1. The second-order valence-corrected chi connectivity index (χ2v) is 7.46. The molecule has 1 amide bonds. The second kappa shape index (κ2) is 6.98. The molecule has 0 aromatic heterocycles. The van der Waals surface area contributed by atoms with Crippen molar-refractivity contribution in [2.45, 2.75) is 25.2 Å². The number of hydrogen-bond donors (Lipinski definition) is 1. The molecule has 1 heterocycles. The second-order valence-electron chi connectivity index (χ2n) is 5.48. The van der Waals surface area contributed by atoms with Gasteiger partial charge in [0.1, 0.15) is 5.75 Å². The Balaban J connectivity index is 1.89. The minimum absolute atomic E-state index is 0.179. The van der Waals surface area contributed by atoms with Crippen LogP contribution in [0.15, 0.2) is 24.3 Å². The molecular formula is C14H17F3N2O4S. The molecule has 10 heteroatoms. The van der Waals surface area contributed by atoms with Crippen molar-refractivity contribution in [3.05, 3.63) is 29.8 Å². The highest BCUT2D eigenvalue weighted by molar-refractivity contribution is 7.88. The van der Waals surface area contributed by atoms with Gasteiger partial charge in [0.2, 0.25) is 10.0 Å². The summed E-state index contributed by atoms with van der Waals surface area (Å²) in [6.07, 6.45) is -2.68. The zero-order valence-electron chi connectivity index (χ0n) is 12.8. The van der Waals surface area contributed by atoms with Gasteiger partial charge in [-0.05, 0) is 37.1 Å². The minimum Gasteiger partial charge on any atom is -0.406 e. The molecule has 0 radical (unpaired) electrons. The van der Waals surface area contributed by atoms with Gasteiger partial charge in [-0.25, -0.2) is 12.7 Å². The van der Waals surface area contributed by atoms with E-state index in [1.807, 2.05) is 0 Å². The quantitative estimate of drug-likeness (QED) is 0.881. The molecule has 134 valence electrons. The van der Waals surface area contributed by atoms with Gasteiger partial charge in [-0.15, -0.1) is 13.2 Å². The number of carbonyl (C=O) groups excluding carboxylic acids is 1. The number of hydrogen-bond acceptors (Lipinski definition) is 4. The zero-order valence-corrected chi connectivity index (χ0v) is 13.7. The number of nitrogens with zero attached hydrogens (tertiary/aromatic N) is 1. The Morgan fingerprint density at radius 3 is 2.21 bits per heavy atom. The average Bonchev–Trinajstić information content (AvgIpc) is 2.46. The van der Waals surface area contributed by atoms with E-state index in [1.54, 1.807) is 0 Å². The van der Waals surface area contributed by atoms with E-state index >= 15 is 0 Å². The molecule has 2 rings (SSSR count). The Kier molecular flexibility index (Phi) is 5.38. The van der Waals surface area contributed by atoms with Crippen LogP contribution in [0.1, 0.15) is 23.2 Å². The van der Waals surface area contributed by atoms with Crippen LogP contribution in [0.5, 0.6) is 5.75 Å². The monoisotopic (exact) mass is 366 g/mol. The third-order valence-corrected chi connectivity index (χ3v) is 4.91. The third kappa shape index (κ3) is 5.38. The van der Waals surface area contributed by atoms with Crippen LogP contribution in [0, 0.1) is 0 Å². The van der Waals surface area contributed by atoms with E-state index in [4.69, 9.17) is 0 Å². The molecule has 0 unspecified atom stereocenters. The van der Waals surface area contributed by atoms with Crippen molar-refractivity contribution in [3.8, 4) is 5.75 Å². The normalized spacial score (nSPS) is 17.5. The van der Waals surface area contributed by atoms with Gasteiger partial charge in [-0.3, -0.25) is 4.79 Å². The van der Waals surface area contributed by atoms with E-state index in [0.29, 0.717) is 25.9 Å². The van der Waals surface area contributed by atoms with E-state index in [1.165, 1.54) is 16.4 Å². The number of sulfonamides is 1. The molecule has 0 atom stereocenters. The van der Waals surface area contributed by atoms with Gasteiger partial charge in [0.25, 0.3) is 5.91 Å². The molecule has 6 nitrogen and oxygen atoms in total. The summed E-state index contributed by atoms with van der Waals surface area (Å²) >= 11 is 0. The summed E-state index contributed by atoms with van der Waals surface area (Å²) in [5.74, 6) is -0.827. The lowest BCUT2D eigenvalue weighted by molar-refractivity contribution is -0.274. The topological polar surface area (TPSA) is 75.7 Å². The van der Waals surface area contributed by atoms with Gasteiger partial charge in [0.15, 0.2) is 0 Å². The van der Waals surface area contributed by atoms with Crippen molar-refractivity contribution in [2.24, 2.45) is 0 Å². The summed E-state index contributed by atoms with van der Waals surface area (Å²) in [5.41, 5.74) is 0.204. The number of alkyl halides is 3. The van der Waals surface area contributed by atoms with Crippen molar-refractivity contribution in [3.63, 3.8) is 0 Å². The largest absolute Gasteiger partial charge is 0.573 e. The van der Waals surface area contributed by atoms with Gasteiger partial charge < -0.3 is 10.1 Å². The van der Waals surface area contributed by atoms with E-state index in [2.05, 4.69) is 10.1 Å². The molecule has 1 N–H and O–H groups in total. The number of nitrogens with one attached hydrogen (secondary N) is 1. The number of carbonyl (C=O) groups is 1. The highest BCUT2D eigenvalue weighted by Crippen LogP contribution is 2.23. The fraction of sp³-hybridized carbons (Fsp3) is 0.500. The fourth-order valence-corrected chi connectivity index (χ4v) is 3.28. The summed E-state index contributed by atoms with van der Waals surface area (Å²) < 4.78 is 64.1. The van der Waals surface area contributed by atoms with Crippen LogP contribution in [-0.4, -0.2) is 50.4 Å². The first-order valence-corrected chi connectivity index (χ1v) is 9.01. The summed E-state index contributed by atoms with van der Waals surface area (Å²) in [6.45, 7) is 0.643. The molecule has 1 aromatic rings. The van der Waals surface area contributed by atoms with Gasteiger partial charge in [0.05, 0.1) is 6.26 Å². The number of halogens is 3. The Bertz CT molecular complexity index is 681. The Morgan fingerprint density at radius 1 is 1.21 bits per heavy atom. The first-order chi connectivity index (χ1) is 11.0. The van der Waals surface area contributed by atoms with Crippen LogP contribution in [0.2, 0.25) is 0 Å². The summed E-state index contributed by atoms with van der Waals surface area (Å²) in [5, 5.41) is 2.75. The molecule has 0 aliphatic carbocycles. The van der Waals surface area contributed by atoms with Gasteiger partial charge in [-0.1, -0.05) is 0 Å². The lowest BCUT2D eigenvalue weighted by Gasteiger charge is -2.30. The number of benzene rings is 1. The van der Waals surface area contributed by atoms with Gasteiger partial charge in [-0.2, -0.15) is 0 Å². The summed E-state index contributed by atoms with van der Waals surface area (Å²) in [6, 6.07) is 4.43. The number of piperidine rings is 1. The van der Waals surface area contributed by atoms with Crippen molar-refractivity contribution < 1.29 is 31.1 Å². The SMILES string of the molecule is CS(=O)(=O)N1CCC(NC(=O)c2ccc(OC(F)(F)F)cc2)CC1. The van der Waals surface area contributed by atoms with Crippen LogP contribution in [-0.2, 0) is 10.0 Å². The molecule has 24 heavy (non-hydrogen) atoms. The van der Waals surface area contributed by atoms with E-state index in [-0.39, 0.29) is 11.6 Å². The predicted octanol–water partition coefficient (Wildman–Crippen LogP) is 1.74. The molecule has 1 aliphatic rings. The van der Waals surface area contributed by atoms with E-state index in [0.717, 1.165) is 18.4 Å². The number of amides is 1. The summed E-state index contributed by atoms with van der Waals surface area (Å²) in [7, 11) is -3.23. The summed E-state index contributed by atoms with van der Waals surface area (Å²) in [4.78, 5) is 12.1. The minimum atomic E-state index is -4.78. The predicted molar refractivity (Wildman–Crippen MR) is 80.0 cm³/mol. The van der Waals surface area contributed by atoms with E-state index in [9.17, 15) is 26.4 Å². The van der Waals surface area contributed by atoms with Crippen molar-refractivity contribution in [2.75, 3.05) is 19.3 Å². The molecule has 0 bridgehead atoms. The maximum Gasteiger partial charge on any atom is 0.573 e. The van der Waals surface area contributed by atoms with Crippen molar-refractivity contribution in [1.82, 2.24) is 9.62 Å². The van der Waals surface area contributed by atoms with Crippen molar-refractivity contribution in [1.29, 1.82) is 0 Å². The van der Waals surface area contributed by atoms with E-state index < -0.39 is 28.0 Å². The third-order valence-electron chi connectivity index (χ3n) is 3.61. The Morgan fingerprint density at radius 2 is 1.75 bits per heavy atom. The molecule has 0 spiro atoms. The smallest absolute Gasteiger partial charge is 0.406 e. The highest BCUT2D eigenvalue weighted by Gasteiger charge is 2.31. The zero-order chi connectivity index (χ0) is 18.0. The van der Waals surface area contributed by atoms with Crippen LogP contribution < -0.4 is 10.1 Å². The molecule has 1 fully saturated rings. The average molecular weight is 366 g/mol. The Labute approximate surface area is 137 Å². The first kappa shape index (κ1) is 18.5. The van der Waals surface area contributed by atoms with Gasteiger partial charge in [0, 0.05) is 24.7 Å². The number of ether oxygens (including phenoxy) is 1. The lowest BCUT2D eigenvalue weighted by atomic mass is 10.1. The molecule has 0 saturated carbocycles. The van der Waals surface area contributed by atoms with Gasteiger partial charge >= 0.3 is 6.36 Å². The molecule has 1 saturated heterocycles. The highest BCUT2D eigenvalue weighted by atomic mass is 32.2. The fourth-order valence-electron chi connectivity index (χ4n) is 2.41. The number of rotatable bonds is 4. The Hall–Kier alpha value is -1.81.